The number of piperidine rings is 1. The summed E-state index contributed by atoms with van der Waals surface area (Å²) < 4.78 is 0. The maximum Gasteiger partial charge on any atom is 0.220 e. The summed E-state index contributed by atoms with van der Waals surface area (Å²) in [4.78, 5) is 18.6. The van der Waals surface area contributed by atoms with Crippen LogP contribution in [-0.2, 0) is 11.3 Å². The molecule has 1 aliphatic heterocycles. The molecule has 0 bridgehead atoms. The quantitative estimate of drug-likeness (QED) is 0.406. The molecule has 2 rings (SSSR count). The van der Waals surface area contributed by atoms with Crippen LogP contribution in [0, 0.1) is 12.8 Å². The van der Waals surface area contributed by atoms with Crippen molar-refractivity contribution in [3.05, 3.63) is 35.4 Å². The molecule has 0 spiro atoms. The lowest BCUT2D eigenvalue weighted by molar-refractivity contribution is -0.121. The van der Waals surface area contributed by atoms with E-state index in [1.165, 1.54) is 11.1 Å². The summed E-state index contributed by atoms with van der Waals surface area (Å²) in [5, 5.41) is 6.12. The van der Waals surface area contributed by atoms with Gasteiger partial charge in [0.05, 0.1) is 6.54 Å². The smallest absolute Gasteiger partial charge is 0.220 e. The van der Waals surface area contributed by atoms with Crippen molar-refractivity contribution in [2.24, 2.45) is 10.9 Å². The molecule has 1 aromatic carbocycles. The van der Waals surface area contributed by atoms with Crippen LogP contribution in [0.3, 0.4) is 0 Å². The van der Waals surface area contributed by atoms with Gasteiger partial charge in [-0.25, -0.2) is 4.99 Å². The highest BCUT2D eigenvalue weighted by Gasteiger charge is 2.22. The molecule has 0 aromatic heterocycles. The van der Waals surface area contributed by atoms with Crippen molar-refractivity contribution in [1.82, 2.24) is 15.5 Å². The normalized spacial score (nSPS) is 15.5. The number of carbonyl (C=O) groups excluding carboxylic acids is 1. The molecule has 140 valence electrons. The Morgan fingerprint density at radius 3 is 2.44 bits per heavy atom. The Hall–Kier alpha value is -1.31. The van der Waals surface area contributed by atoms with Crippen LogP contribution in [0.2, 0.25) is 0 Å². The number of guanidine groups is 1. The molecule has 1 aromatic rings. The first-order chi connectivity index (χ1) is 11.6. The van der Waals surface area contributed by atoms with Crippen molar-refractivity contribution < 1.29 is 4.79 Å². The van der Waals surface area contributed by atoms with Crippen molar-refractivity contribution in [2.75, 3.05) is 26.7 Å². The maximum atomic E-state index is 11.5. The van der Waals surface area contributed by atoms with Crippen molar-refractivity contribution in [3.63, 3.8) is 0 Å². The van der Waals surface area contributed by atoms with E-state index in [2.05, 4.69) is 53.6 Å². The van der Waals surface area contributed by atoms with E-state index in [-0.39, 0.29) is 29.9 Å². The zero-order valence-corrected chi connectivity index (χ0v) is 17.9. The molecule has 0 radical (unpaired) electrons. The van der Waals surface area contributed by atoms with Gasteiger partial charge in [-0.15, -0.1) is 24.0 Å². The van der Waals surface area contributed by atoms with Crippen LogP contribution < -0.4 is 10.6 Å². The first kappa shape index (κ1) is 21.7. The molecule has 5 nitrogen and oxygen atoms in total. The van der Waals surface area contributed by atoms with Crippen molar-refractivity contribution in [3.8, 4) is 0 Å². The fourth-order valence-corrected chi connectivity index (χ4v) is 3.00. The summed E-state index contributed by atoms with van der Waals surface area (Å²) in [6.07, 6.45) is 2.73. The molecule has 2 N–H and O–H groups in total. The van der Waals surface area contributed by atoms with Crippen molar-refractivity contribution in [1.29, 1.82) is 0 Å². The molecule has 25 heavy (non-hydrogen) atoms. The highest BCUT2D eigenvalue weighted by molar-refractivity contribution is 14.0. The van der Waals surface area contributed by atoms with Gasteiger partial charge >= 0.3 is 0 Å². The molecule has 1 saturated heterocycles. The average molecular weight is 458 g/mol. The minimum Gasteiger partial charge on any atom is -0.359 e. The number of benzene rings is 1. The van der Waals surface area contributed by atoms with Gasteiger partial charge in [-0.3, -0.25) is 4.79 Å². The number of aryl methyl sites for hydroxylation is 1. The number of hydrogen-bond acceptors (Lipinski definition) is 2. The molecule has 1 aliphatic rings. The largest absolute Gasteiger partial charge is 0.359 e. The molecule has 1 heterocycles. The summed E-state index contributed by atoms with van der Waals surface area (Å²) >= 11 is 0. The lowest BCUT2D eigenvalue weighted by atomic mass is 9.93. The molecular formula is C19H31IN4O. The van der Waals surface area contributed by atoms with Crippen LogP contribution in [0.5, 0.6) is 0 Å². The average Bonchev–Trinajstić information content (AvgIpc) is 2.60. The SMILES string of the molecule is CCNC(=NCc1ccc(C)cc1)N1CCC(CC(=O)NC)CC1.I. The van der Waals surface area contributed by atoms with Gasteiger partial charge in [-0.1, -0.05) is 29.8 Å². The fourth-order valence-electron chi connectivity index (χ4n) is 3.00. The van der Waals surface area contributed by atoms with Crippen LogP contribution >= 0.6 is 24.0 Å². The van der Waals surface area contributed by atoms with E-state index in [0.29, 0.717) is 18.9 Å². The predicted molar refractivity (Wildman–Crippen MR) is 114 cm³/mol. The highest BCUT2D eigenvalue weighted by atomic mass is 127. The van der Waals surface area contributed by atoms with Gasteiger partial charge in [0.1, 0.15) is 0 Å². The Labute approximate surface area is 168 Å². The second kappa shape index (κ2) is 11.3. The van der Waals surface area contributed by atoms with E-state index in [1.54, 1.807) is 7.05 Å². The summed E-state index contributed by atoms with van der Waals surface area (Å²) in [6, 6.07) is 8.53. The van der Waals surface area contributed by atoms with Gasteiger partial charge in [-0.2, -0.15) is 0 Å². The Kier molecular flexibility index (Phi) is 9.85. The number of hydrogen-bond donors (Lipinski definition) is 2. The van der Waals surface area contributed by atoms with Gasteiger partial charge in [-0.05, 0) is 38.2 Å². The molecule has 0 unspecified atom stereocenters. The number of nitrogens with zero attached hydrogens (tertiary/aromatic N) is 2. The maximum absolute atomic E-state index is 11.5. The Bertz CT molecular complexity index is 551. The minimum atomic E-state index is 0. The van der Waals surface area contributed by atoms with Crippen LogP contribution in [0.1, 0.15) is 37.3 Å². The van der Waals surface area contributed by atoms with Crippen molar-refractivity contribution >= 4 is 35.8 Å². The van der Waals surface area contributed by atoms with E-state index >= 15 is 0 Å². The van der Waals surface area contributed by atoms with E-state index < -0.39 is 0 Å². The third kappa shape index (κ3) is 7.22. The minimum absolute atomic E-state index is 0. The predicted octanol–water partition coefficient (Wildman–Crippen LogP) is 2.93. The fraction of sp³-hybridized carbons (Fsp3) is 0.579. The van der Waals surface area contributed by atoms with Crippen molar-refractivity contribution in [2.45, 2.75) is 39.7 Å². The Balaban J connectivity index is 0.00000312. The van der Waals surface area contributed by atoms with Crippen LogP contribution in [0.25, 0.3) is 0 Å². The lowest BCUT2D eigenvalue weighted by Crippen LogP contribution is -2.46. The summed E-state index contributed by atoms with van der Waals surface area (Å²) in [6.45, 7) is 7.67. The number of aliphatic imine (C=N–C) groups is 1. The molecule has 1 amide bonds. The van der Waals surface area contributed by atoms with Gasteiger partial charge in [0.25, 0.3) is 0 Å². The van der Waals surface area contributed by atoms with Crippen LogP contribution in [0.15, 0.2) is 29.3 Å². The first-order valence-electron chi connectivity index (χ1n) is 8.91. The van der Waals surface area contributed by atoms with Gasteiger partial charge in [0.2, 0.25) is 5.91 Å². The van der Waals surface area contributed by atoms with Gasteiger partial charge in [0.15, 0.2) is 5.96 Å². The zero-order valence-electron chi connectivity index (χ0n) is 15.5. The molecule has 0 aliphatic carbocycles. The zero-order chi connectivity index (χ0) is 17.4. The van der Waals surface area contributed by atoms with Gasteiger partial charge < -0.3 is 15.5 Å². The number of nitrogens with one attached hydrogen (secondary N) is 2. The number of rotatable bonds is 5. The highest BCUT2D eigenvalue weighted by Crippen LogP contribution is 2.20. The topological polar surface area (TPSA) is 56.7 Å². The summed E-state index contributed by atoms with van der Waals surface area (Å²) in [5.41, 5.74) is 2.50. The molecule has 0 saturated carbocycles. The number of halogens is 1. The van der Waals surface area contributed by atoms with Crippen LogP contribution in [0.4, 0.5) is 0 Å². The molecular weight excluding hydrogens is 427 g/mol. The van der Waals surface area contributed by atoms with Crippen LogP contribution in [-0.4, -0.2) is 43.4 Å². The molecule has 0 atom stereocenters. The number of carbonyl (C=O) groups is 1. The van der Waals surface area contributed by atoms with E-state index in [9.17, 15) is 4.79 Å². The first-order valence-corrected chi connectivity index (χ1v) is 8.91. The number of amides is 1. The molecule has 1 fully saturated rings. The van der Waals surface area contributed by atoms with E-state index in [0.717, 1.165) is 38.4 Å². The monoisotopic (exact) mass is 458 g/mol. The summed E-state index contributed by atoms with van der Waals surface area (Å²) in [7, 11) is 1.71. The van der Waals surface area contributed by atoms with Gasteiger partial charge in [0, 0.05) is 33.1 Å². The third-order valence-electron chi connectivity index (χ3n) is 4.53. The Morgan fingerprint density at radius 2 is 1.88 bits per heavy atom. The molecule has 6 heteroatoms. The summed E-state index contributed by atoms with van der Waals surface area (Å²) in [5.74, 6) is 1.62. The third-order valence-corrected chi connectivity index (χ3v) is 4.53. The Morgan fingerprint density at radius 1 is 1.24 bits per heavy atom. The van der Waals surface area contributed by atoms with E-state index in [1.807, 2.05) is 0 Å². The standard InChI is InChI=1S/C19H30N4O.HI/c1-4-21-19(22-14-17-7-5-15(2)6-8-17)23-11-9-16(10-12-23)13-18(24)20-3;/h5-8,16H,4,9-14H2,1-3H3,(H,20,24)(H,21,22);1H. The lowest BCUT2D eigenvalue weighted by Gasteiger charge is -2.34. The second-order valence-electron chi connectivity index (χ2n) is 6.46. The van der Waals surface area contributed by atoms with E-state index in [4.69, 9.17) is 4.99 Å². The second-order valence-corrected chi connectivity index (χ2v) is 6.46. The number of likely N-dealkylation sites (tertiary alicyclic amines) is 1.